The molecule has 2 aromatic carbocycles. The lowest BCUT2D eigenvalue weighted by molar-refractivity contribution is 0.103. The van der Waals surface area contributed by atoms with E-state index in [1.54, 1.807) is 0 Å². The highest BCUT2D eigenvalue weighted by atomic mass is 32.1. The molecule has 0 aliphatic carbocycles. The molecule has 0 unspecified atom stereocenters. The summed E-state index contributed by atoms with van der Waals surface area (Å²) >= 11 is 5.26. The molecular formula is C21H26N2OS. The molecule has 0 aliphatic rings. The minimum Gasteiger partial charge on any atom is -0.360 e. The smallest absolute Gasteiger partial charge is 0.193 e. The summed E-state index contributed by atoms with van der Waals surface area (Å²) in [6.07, 6.45) is 0. The Morgan fingerprint density at radius 2 is 1.64 bits per heavy atom. The summed E-state index contributed by atoms with van der Waals surface area (Å²) in [7, 11) is 0. The Bertz CT molecular complexity index is 758. The normalized spacial score (nSPS) is 11.3. The molecule has 0 amide bonds. The van der Waals surface area contributed by atoms with Gasteiger partial charge in [0.25, 0.3) is 0 Å². The van der Waals surface area contributed by atoms with E-state index in [0.717, 1.165) is 5.69 Å². The fourth-order valence-corrected chi connectivity index (χ4v) is 2.81. The molecule has 0 atom stereocenters. The van der Waals surface area contributed by atoms with E-state index in [1.807, 2.05) is 62.4 Å². The Morgan fingerprint density at radius 1 is 1.00 bits per heavy atom. The molecule has 2 rings (SSSR count). The van der Waals surface area contributed by atoms with E-state index >= 15 is 0 Å². The largest absolute Gasteiger partial charge is 0.360 e. The van der Waals surface area contributed by atoms with E-state index in [0.29, 0.717) is 16.2 Å². The highest BCUT2D eigenvalue weighted by molar-refractivity contribution is 7.80. The van der Waals surface area contributed by atoms with Crippen LogP contribution in [-0.4, -0.2) is 16.9 Å². The standard InChI is InChI=1S/C21H26N2OS/c1-14(2)22-20(25)23-18-8-6-7-16(13-18)19(24)15-9-11-17(12-10-15)21(3,4)5/h6-14H,1-5H3,(H2,22,23,25). The third-order valence-electron chi connectivity index (χ3n) is 3.82. The minimum atomic E-state index is 0.00634. The maximum Gasteiger partial charge on any atom is 0.193 e. The molecular weight excluding hydrogens is 328 g/mol. The van der Waals surface area contributed by atoms with Crippen LogP contribution in [0.25, 0.3) is 0 Å². The molecule has 0 bridgehead atoms. The first-order valence-electron chi connectivity index (χ1n) is 8.49. The molecule has 0 aromatic heterocycles. The van der Waals surface area contributed by atoms with Gasteiger partial charge in [-0.2, -0.15) is 0 Å². The van der Waals surface area contributed by atoms with E-state index < -0.39 is 0 Å². The topological polar surface area (TPSA) is 41.1 Å². The Hall–Kier alpha value is -2.20. The number of nitrogens with one attached hydrogen (secondary N) is 2. The van der Waals surface area contributed by atoms with E-state index in [9.17, 15) is 4.79 Å². The number of hydrogen-bond donors (Lipinski definition) is 2. The molecule has 4 heteroatoms. The first kappa shape index (κ1) is 19.1. The molecule has 25 heavy (non-hydrogen) atoms. The van der Waals surface area contributed by atoms with Crippen LogP contribution in [0.5, 0.6) is 0 Å². The van der Waals surface area contributed by atoms with Gasteiger partial charge in [0.2, 0.25) is 0 Å². The number of carbonyl (C=O) groups excluding carboxylic acids is 1. The van der Waals surface area contributed by atoms with Crippen molar-refractivity contribution >= 4 is 28.8 Å². The van der Waals surface area contributed by atoms with Crippen LogP contribution < -0.4 is 10.6 Å². The molecule has 2 aromatic rings. The van der Waals surface area contributed by atoms with E-state index in [2.05, 4.69) is 31.4 Å². The molecule has 0 heterocycles. The highest BCUT2D eigenvalue weighted by Gasteiger charge is 2.15. The second-order valence-corrected chi connectivity index (χ2v) is 7.90. The van der Waals surface area contributed by atoms with E-state index in [4.69, 9.17) is 12.2 Å². The van der Waals surface area contributed by atoms with Crippen molar-refractivity contribution < 1.29 is 4.79 Å². The molecule has 0 saturated carbocycles. The van der Waals surface area contributed by atoms with Gasteiger partial charge >= 0.3 is 0 Å². The summed E-state index contributed by atoms with van der Waals surface area (Å²) in [4.78, 5) is 12.7. The van der Waals surface area contributed by atoms with Gasteiger partial charge in [-0.1, -0.05) is 57.2 Å². The van der Waals surface area contributed by atoms with Crippen molar-refractivity contribution in [3.8, 4) is 0 Å². The zero-order valence-electron chi connectivity index (χ0n) is 15.5. The zero-order valence-corrected chi connectivity index (χ0v) is 16.3. The van der Waals surface area contributed by atoms with Crippen molar-refractivity contribution in [3.05, 3.63) is 65.2 Å². The van der Waals surface area contributed by atoms with Crippen LogP contribution in [0, 0.1) is 0 Å². The van der Waals surface area contributed by atoms with Crippen LogP contribution in [0.4, 0.5) is 5.69 Å². The number of benzene rings is 2. The van der Waals surface area contributed by atoms with Crippen LogP contribution in [0.2, 0.25) is 0 Å². The molecule has 0 saturated heterocycles. The van der Waals surface area contributed by atoms with Crippen LogP contribution in [0.15, 0.2) is 48.5 Å². The van der Waals surface area contributed by atoms with Crippen LogP contribution in [0.1, 0.15) is 56.1 Å². The lowest BCUT2D eigenvalue weighted by atomic mass is 9.86. The molecule has 0 radical (unpaired) electrons. The van der Waals surface area contributed by atoms with Crippen LogP contribution >= 0.6 is 12.2 Å². The van der Waals surface area contributed by atoms with Crippen LogP contribution in [0.3, 0.4) is 0 Å². The quantitative estimate of drug-likeness (QED) is 0.605. The minimum absolute atomic E-state index is 0.00634. The van der Waals surface area contributed by atoms with Crippen molar-refractivity contribution in [3.63, 3.8) is 0 Å². The first-order valence-corrected chi connectivity index (χ1v) is 8.90. The summed E-state index contributed by atoms with van der Waals surface area (Å²) in [5, 5.41) is 6.79. The average molecular weight is 355 g/mol. The van der Waals surface area contributed by atoms with Gasteiger partial charge in [-0.3, -0.25) is 4.79 Å². The molecule has 0 fully saturated rings. The Kier molecular flexibility index (Phi) is 5.96. The fraction of sp³-hybridized carbons (Fsp3) is 0.333. The first-order chi connectivity index (χ1) is 11.7. The van der Waals surface area contributed by atoms with Gasteiger partial charge < -0.3 is 10.6 Å². The predicted octanol–water partition coefficient (Wildman–Crippen LogP) is 4.91. The van der Waals surface area contributed by atoms with E-state index in [1.165, 1.54) is 5.56 Å². The summed E-state index contributed by atoms with van der Waals surface area (Å²) in [5.41, 5.74) is 3.42. The molecule has 0 spiro atoms. The summed E-state index contributed by atoms with van der Waals surface area (Å²) in [6, 6.07) is 15.5. The number of rotatable bonds is 4. The number of hydrogen-bond acceptors (Lipinski definition) is 2. The van der Waals surface area contributed by atoms with Gasteiger partial charge in [-0.15, -0.1) is 0 Å². The van der Waals surface area contributed by atoms with Crippen molar-refractivity contribution in [2.75, 3.05) is 5.32 Å². The Labute approximate surface area is 155 Å². The Balaban J connectivity index is 2.17. The summed E-state index contributed by atoms with van der Waals surface area (Å²) < 4.78 is 0. The predicted molar refractivity (Wildman–Crippen MR) is 110 cm³/mol. The number of thiocarbonyl (C=S) groups is 1. The van der Waals surface area contributed by atoms with Gasteiger partial charge in [0.1, 0.15) is 0 Å². The maximum atomic E-state index is 12.7. The number of carbonyl (C=O) groups is 1. The van der Waals surface area contributed by atoms with Crippen molar-refractivity contribution in [1.82, 2.24) is 5.32 Å². The second kappa shape index (κ2) is 7.79. The molecule has 3 nitrogen and oxygen atoms in total. The fourth-order valence-electron chi connectivity index (χ4n) is 2.46. The SMILES string of the molecule is CC(C)NC(=S)Nc1cccc(C(=O)c2ccc(C(C)(C)C)cc2)c1. The van der Waals surface area contributed by atoms with Crippen molar-refractivity contribution in [2.24, 2.45) is 0 Å². The number of anilines is 1. The molecule has 132 valence electrons. The second-order valence-electron chi connectivity index (χ2n) is 7.49. The van der Waals surface area contributed by atoms with Crippen LogP contribution in [-0.2, 0) is 5.41 Å². The molecule has 0 aliphatic heterocycles. The van der Waals surface area contributed by atoms with Gasteiger partial charge in [0.15, 0.2) is 10.9 Å². The lowest BCUT2D eigenvalue weighted by Crippen LogP contribution is -2.33. The zero-order chi connectivity index (χ0) is 18.6. The van der Waals surface area contributed by atoms with Gasteiger partial charge in [0.05, 0.1) is 0 Å². The summed E-state index contributed by atoms with van der Waals surface area (Å²) in [5.74, 6) is 0.00634. The number of ketones is 1. The third-order valence-corrected chi connectivity index (χ3v) is 4.04. The van der Waals surface area contributed by atoms with Gasteiger partial charge in [0, 0.05) is 22.9 Å². The van der Waals surface area contributed by atoms with Crippen molar-refractivity contribution in [2.45, 2.75) is 46.1 Å². The van der Waals surface area contributed by atoms with E-state index in [-0.39, 0.29) is 17.2 Å². The summed E-state index contributed by atoms with van der Waals surface area (Å²) in [6.45, 7) is 10.5. The average Bonchev–Trinajstić information content (AvgIpc) is 2.53. The maximum absolute atomic E-state index is 12.7. The third kappa shape index (κ3) is 5.40. The molecule has 2 N–H and O–H groups in total. The monoisotopic (exact) mass is 354 g/mol. The Morgan fingerprint density at radius 3 is 2.20 bits per heavy atom. The van der Waals surface area contributed by atoms with Crippen molar-refractivity contribution in [1.29, 1.82) is 0 Å². The lowest BCUT2D eigenvalue weighted by Gasteiger charge is -2.19. The highest BCUT2D eigenvalue weighted by Crippen LogP contribution is 2.23. The van der Waals surface area contributed by atoms with Gasteiger partial charge in [-0.25, -0.2) is 0 Å². The van der Waals surface area contributed by atoms with Gasteiger partial charge in [-0.05, 0) is 49.2 Å².